The minimum absolute atomic E-state index is 0.0724. The Kier molecular flexibility index (Phi) is 5.16. The molecule has 0 saturated heterocycles. The molecular formula is C13H16ClN5O3. The van der Waals surface area contributed by atoms with E-state index in [9.17, 15) is 14.4 Å². The summed E-state index contributed by atoms with van der Waals surface area (Å²) >= 11 is 5.74. The van der Waals surface area contributed by atoms with Gasteiger partial charge < -0.3 is 10.3 Å². The molecule has 0 atom stereocenters. The highest BCUT2D eigenvalue weighted by atomic mass is 35.5. The first kappa shape index (κ1) is 16.0. The van der Waals surface area contributed by atoms with Crippen molar-refractivity contribution >= 4 is 17.5 Å². The lowest BCUT2D eigenvalue weighted by Crippen LogP contribution is -2.36. The van der Waals surface area contributed by atoms with Crippen LogP contribution in [0.25, 0.3) is 0 Å². The van der Waals surface area contributed by atoms with Gasteiger partial charge in [0.2, 0.25) is 5.91 Å². The molecule has 2 heterocycles. The number of carbonyl (C=O) groups excluding carboxylic acids is 1. The number of nitrogens with zero attached hydrogens (tertiary/aromatic N) is 3. The van der Waals surface area contributed by atoms with E-state index >= 15 is 0 Å². The molecule has 2 aromatic heterocycles. The second-order valence-corrected chi connectivity index (χ2v) is 5.22. The van der Waals surface area contributed by atoms with Crippen LogP contribution in [0.4, 0.5) is 0 Å². The van der Waals surface area contributed by atoms with Crippen molar-refractivity contribution < 1.29 is 4.79 Å². The Morgan fingerprint density at radius 3 is 2.91 bits per heavy atom. The number of aromatic nitrogens is 4. The predicted molar refractivity (Wildman–Crippen MR) is 80.9 cm³/mol. The molecule has 0 saturated carbocycles. The van der Waals surface area contributed by atoms with Gasteiger partial charge in [-0.15, -0.1) is 0 Å². The maximum absolute atomic E-state index is 11.8. The van der Waals surface area contributed by atoms with Gasteiger partial charge in [-0.3, -0.25) is 18.8 Å². The van der Waals surface area contributed by atoms with Crippen LogP contribution in [-0.2, 0) is 24.8 Å². The van der Waals surface area contributed by atoms with Crippen molar-refractivity contribution in [2.24, 2.45) is 7.05 Å². The van der Waals surface area contributed by atoms with Crippen LogP contribution in [0.3, 0.4) is 0 Å². The first-order valence-electron chi connectivity index (χ1n) is 6.69. The molecule has 0 bridgehead atoms. The van der Waals surface area contributed by atoms with Crippen molar-refractivity contribution in [1.82, 2.24) is 24.6 Å². The molecule has 0 aliphatic rings. The normalized spacial score (nSPS) is 10.6. The number of halogens is 1. The molecule has 8 nitrogen and oxygen atoms in total. The van der Waals surface area contributed by atoms with Crippen molar-refractivity contribution in [3.63, 3.8) is 0 Å². The van der Waals surface area contributed by atoms with Gasteiger partial charge in [-0.1, -0.05) is 11.6 Å². The van der Waals surface area contributed by atoms with Gasteiger partial charge in [-0.25, -0.2) is 4.79 Å². The number of nitrogens with one attached hydrogen (secondary N) is 2. The zero-order valence-electron chi connectivity index (χ0n) is 12.0. The first-order valence-corrected chi connectivity index (χ1v) is 7.07. The van der Waals surface area contributed by atoms with E-state index in [0.717, 1.165) is 4.57 Å². The number of carbonyl (C=O) groups is 1. The number of aryl methyl sites for hydroxylation is 1. The van der Waals surface area contributed by atoms with E-state index in [1.165, 1.54) is 13.2 Å². The highest BCUT2D eigenvalue weighted by molar-refractivity contribution is 6.30. The minimum atomic E-state index is -0.507. The lowest BCUT2D eigenvalue weighted by atomic mass is 10.2. The smallest absolute Gasteiger partial charge is 0.328 e. The zero-order chi connectivity index (χ0) is 16.1. The van der Waals surface area contributed by atoms with Crippen LogP contribution < -0.4 is 16.6 Å². The maximum Gasteiger partial charge on any atom is 0.328 e. The summed E-state index contributed by atoms with van der Waals surface area (Å²) in [5, 5.41) is 7.31. The predicted octanol–water partition coefficient (Wildman–Crippen LogP) is -0.328. The topological polar surface area (TPSA) is 102 Å². The molecule has 0 spiro atoms. The number of aromatic amines is 1. The summed E-state index contributed by atoms with van der Waals surface area (Å²) in [5.74, 6) is -0.275. The van der Waals surface area contributed by atoms with Crippen LogP contribution in [0, 0.1) is 0 Å². The van der Waals surface area contributed by atoms with Gasteiger partial charge in [0.1, 0.15) is 0 Å². The number of amides is 1. The number of hydrogen-bond acceptors (Lipinski definition) is 4. The molecule has 2 N–H and O–H groups in total. The van der Waals surface area contributed by atoms with Crippen molar-refractivity contribution in [1.29, 1.82) is 0 Å². The molecular weight excluding hydrogens is 310 g/mol. The van der Waals surface area contributed by atoms with Crippen LogP contribution in [-0.4, -0.2) is 31.8 Å². The molecule has 0 fully saturated rings. The van der Waals surface area contributed by atoms with Crippen molar-refractivity contribution in [3.05, 3.63) is 50.0 Å². The van der Waals surface area contributed by atoms with Crippen molar-refractivity contribution in [3.8, 4) is 0 Å². The molecule has 0 aromatic carbocycles. The highest BCUT2D eigenvalue weighted by Crippen LogP contribution is 2.04. The van der Waals surface area contributed by atoms with Crippen LogP contribution >= 0.6 is 11.6 Å². The third-order valence-corrected chi connectivity index (χ3v) is 3.29. The summed E-state index contributed by atoms with van der Waals surface area (Å²) in [6.07, 6.45) is 5.14. The third-order valence-electron chi connectivity index (χ3n) is 3.09. The Bertz CT molecular complexity index is 776. The molecule has 0 radical (unpaired) electrons. The maximum atomic E-state index is 11.8. The van der Waals surface area contributed by atoms with Crippen LogP contribution in [0.1, 0.15) is 12.0 Å². The van der Waals surface area contributed by atoms with E-state index in [-0.39, 0.29) is 17.9 Å². The lowest BCUT2D eigenvalue weighted by Gasteiger charge is -2.06. The van der Waals surface area contributed by atoms with Gasteiger partial charge in [-0.05, 0) is 6.42 Å². The number of H-pyrrole nitrogens is 1. The SMILES string of the molecule is Cn1c(=O)[nH]cc(CC(=O)NCCCn2cc(Cl)cn2)c1=O. The number of rotatable bonds is 6. The van der Waals surface area contributed by atoms with Crippen LogP contribution in [0.2, 0.25) is 5.02 Å². The van der Waals surface area contributed by atoms with Crippen LogP contribution in [0.5, 0.6) is 0 Å². The van der Waals surface area contributed by atoms with E-state index < -0.39 is 11.2 Å². The number of hydrogen-bond donors (Lipinski definition) is 2. The summed E-state index contributed by atoms with van der Waals surface area (Å²) in [5.41, 5.74) is -0.726. The average Bonchev–Trinajstić information content (AvgIpc) is 2.90. The Labute approximate surface area is 130 Å². The molecule has 2 rings (SSSR count). The fourth-order valence-electron chi connectivity index (χ4n) is 1.91. The quantitative estimate of drug-likeness (QED) is 0.710. The Morgan fingerprint density at radius 1 is 1.45 bits per heavy atom. The fraction of sp³-hybridized carbons (Fsp3) is 0.385. The average molecular weight is 326 g/mol. The fourth-order valence-corrected chi connectivity index (χ4v) is 2.06. The lowest BCUT2D eigenvalue weighted by molar-refractivity contribution is -0.120. The Morgan fingerprint density at radius 2 is 2.23 bits per heavy atom. The Hall–Kier alpha value is -2.35. The monoisotopic (exact) mass is 325 g/mol. The van der Waals surface area contributed by atoms with E-state index in [1.807, 2.05) is 0 Å². The first-order chi connectivity index (χ1) is 10.5. The van der Waals surface area contributed by atoms with Crippen LogP contribution in [0.15, 0.2) is 28.2 Å². The molecule has 1 amide bonds. The van der Waals surface area contributed by atoms with Gasteiger partial charge in [0, 0.05) is 38.1 Å². The molecule has 0 unspecified atom stereocenters. The standard InChI is InChI=1S/C13H16ClN5O3/c1-18-12(21)9(6-16-13(18)22)5-11(20)15-3-2-4-19-8-10(14)7-17-19/h6-8H,2-5H2,1H3,(H,15,20)(H,16,22). The summed E-state index contributed by atoms with van der Waals surface area (Å²) in [4.78, 5) is 37.2. The summed E-state index contributed by atoms with van der Waals surface area (Å²) in [7, 11) is 1.36. The van der Waals surface area contributed by atoms with Crippen molar-refractivity contribution in [2.75, 3.05) is 6.54 Å². The summed E-state index contributed by atoms with van der Waals surface area (Å²) in [6.45, 7) is 1.09. The molecule has 9 heteroatoms. The molecule has 118 valence electrons. The summed E-state index contributed by atoms with van der Waals surface area (Å²) < 4.78 is 2.62. The van der Waals surface area contributed by atoms with Gasteiger partial charge in [0.15, 0.2) is 0 Å². The largest absolute Gasteiger partial charge is 0.356 e. The molecule has 0 aliphatic carbocycles. The van der Waals surface area contributed by atoms with Gasteiger partial charge in [0.25, 0.3) is 5.56 Å². The van der Waals surface area contributed by atoms with Gasteiger partial charge in [0.05, 0.1) is 17.6 Å². The van der Waals surface area contributed by atoms with E-state index in [1.54, 1.807) is 17.1 Å². The van der Waals surface area contributed by atoms with Gasteiger partial charge in [-0.2, -0.15) is 5.10 Å². The highest BCUT2D eigenvalue weighted by Gasteiger charge is 2.09. The van der Waals surface area contributed by atoms with Gasteiger partial charge >= 0.3 is 5.69 Å². The molecule has 22 heavy (non-hydrogen) atoms. The Balaban J connectivity index is 1.80. The van der Waals surface area contributed by atoms with E-state index in [2.05, 4.69) is 15.4 Å². The molecule has 0 aliphatic heterocycles. The zero-order valence-corrected chi connectivity index (χ0v) is 12.8. The third kappa shape index (κ3) is 4.08. The summed E-state index contributed by atoms with van der Waals surface area (Å²) in [6, 6.07) is 0. The second kappa shape index (κ2) is 7.08. The minimum Gasteiger partial charge on any atom is -0.356 e. The van der Waals surface area contributed by atoms with E-state index in [0.29, 0.717) is 24.5 Å². The van der Waals surface area contributed by atoms with E-state index in [4.69, 9.17) is 11.6 Å². The van der Waals surface area contributed by atoms with Crippen molar-refractivity contribution in [2.45, 2.75) is 19.4 Å². The second-order valence-electron chi connectivity index (χ2n) is 4.79. The molecule has 2 aromatic rings.